The molecule has 0 saturated heterocycles. The fraction of sp³-hybridized carbons (Fsp3) is 1.00. The molecule has 0 aliphatic rings. The van der Waals surface area contributed by atoms with E-state index in [2.05, 4.69) is 19.2 Å². The zero-order valence-corrected chi connectivity index (χ0v) is 9.10. The van der Waals surface area contributed by atoms with Crippen molar-refractivity contribution in [2.45, 2.75) is 39.2 Å². The van der Waals surface area contributed by atoms with Crippen molar-refractivity contribution >= 4 is 0 Å². The Morgan fingerprint density at radius 3 is 2.46 bits per heavy atom. The normalized spacial score (nSPS) is 15.7. The largest absolute Gasteiger partial charge is 0.394 e. The number of aliphatic hydroxyl groups is 1. The van der Waals surface area contributed by atoms with Crippen LogP contribution in [0.15, 0.2) is 0 Å². The van der Waals surface area contributed by atoms with Crippen molar-refractivity contribution in [1.29, 1.82) is 0 Å². The number of nitrogens with one attached hydrogen (secondary N) is 1. The standard InChI is InChI=1S/C10H23NO2/c1-4-7-13-8-6-11-10(3,5-2)9-12/h11-12H,4-9H2,1-3H3. The topological polar surface area (TPSA) is 41.5 Å². The number of ether oxygens (including phenoxy) is 1. The Morgan fingerprint density at radius 1 is 1.31 bits per heavy atom. The zero-order valence-electron chi connectivity index (χ0n) is 9.10. The molecule has 0 heterocycles. The van der Waals surface area contributed by atoms with Gasteiger partial charge < -0.3 is 15.2 Å². The summed E-state index contributed by atoms with van der Waals surface area (Å²) in [7, 11) is 0. The van der Waals surface area contributed by atoms with E-state index in [-0.39, 0.29) is 12.1 Å². The van der Waals surface area contributed by atoms with Gasteiger partial charge in [0.2, 0.25) is 0 Å². The summed E-state index contributed by atoms with van der Waals surface area (Å²) in [6.45, 7) is 8.72. The Hall–Kier alpha value is -0.120. The third-order valence-electron chi connectivity index (χ3n) is 2.28. The molecular formula is C10H23NO2. The van der Waals surface area contributed by atoms with Crippen molar-refractivity contribution in [2.24, 2.45) is 0 Å². The van der Waals surface area contributed by atoms with Gasteiger partial charge in [-0.2, -0.15) is 0 Å². The molecule has 1 unspecified atom stereocenters. The number of hydrogen-bond donors (Lipinski definition) is 2. The van der Waals surface area contributed by atoms with Crippen molar-refractivity contribution in [3.05, 3.63) is 0 Å². The van der Waals surface area contributed by atoms with E-state index in [1.165, 1.54) is 0 Å². The van der Waals surface area contributed by atoms with Crippen molar-refractivity contribution in [3.63, 3.8) is 0 Å². The van der Waals surface area contributed by atoms with E-state index >= 15 is 0 Å². The first-order valence-corrected chi connectivity index (χ1v) is 5.12. The van der Waals surface area contributed by atoms with Crippen molar-refractivity contribution in [1.82, 2.24) is 5.32 Å². The minimum Gasteiger partial charge on any atom is -0.394 e. The van der Waals surface area contributed by atoms with Gasteiger partial charge in [0.25, 0.3) is 0 Å². The molecule has 0 amide bonds. The molecule has 0 aromatic rings. The van der Waals surface area contributed by atoms with E-state index in [1.54, 1.807) is 0 Å². The number of hydrogen-bond acceptors (Lipinski definition) is 3. The average molecular weight is 189 g/mol. The Kier molecular flexibility index (Phi) is 7.23. The van der Waals surface area contributed by atoms with Crippen molar-refractivity contribution in [2.75, 3.05) is 26.4 Å². The van der Waals surface area contributed by atoms with Crippen LogP contribution in [0, 0.1) is 0 Å². The lowest BCUT2D eigenvalue weighted by atomic mass is 10.0. The molecule has 2 N–H and O–H groups in total. The molecular weight excluding hydrogens is 166 g/mol. The van der Waals surface area contributed by atoms with Gasteiger partial charge >= 0.3 is 0 Å². The van der Waals surface area contributed by atoms with E-state index in [1.807, 2.05) is 6.92 Å². The highest BCUT2D eigenvalue weighted by Gasteiger charge is 2.18. The monoisotopic (exact) mass is 189 g/mol. The number of aliphatic hydroxyl groups excluding tert-OH is 1. The average Bonchev–Trinajstić information content (AvgIpc) is 2.17. The molecule has 3 heteroatoms. The summed E-state index contributed by atoms with van der Waals surface area (Å²) in [6, 6.07) is 0. The van der Waals surface area contributed by atoms with E-state index in [9.17, 15) is 0 Å². The van der Waals surface area contributed by atoms with Crippen LogP contribution in [0.5, 0.6) is 0 Å². The molecule has 0 spiro atoms. The molecule has 0 radical (unpaired) electrons. The van der Waals surface area contributed by atoms with Gasteiger partial charge in [-0.1, -0.05) is 13.8 Å². The molecule has 0 aliphatic carbocycles. The highest BCUT2D eigenvalue weighted by Crippen LogP contribution is 2.06. The maximum absolute atomic E-state index is 9.08. The second kappa shape index (κ2) is 7.30. The highest BCUT2D eigenvalue weighted by atomic mass is 16.5. The van der Waals surface area contributed by atoms with Gasteiger partial charge in [0.1, 0.15) is 0 Å². The van der Waals surface area contributed by atoms with Crippen LogP contribution in [-0.4, -0.2) is 37.0 Å². The predicted molar refractivity (Wildman–Crippen MR) is 54.9 cm³/mol. The molecule has 1 atom stereocenters. The third-order valence-corrected chi connectivity index (χ3v) is 2.28. The van der Waals surface area contributed by atoms with Crippen LogP contribution in [0.3, 0.4) is 0 Å². The summed E-state index contributed by atoms with van der Waals surface area (Å²) in [5.41, 5.74) is -0.143. The Bertz CT molecular complexity index is 113. The van der Waals surface area contributed by atoms with E-state index in [0.29, 0.717) is 0 Å². The predicted octanol–water partition coefficient (Wildman–Crippen LogP) is 1.16. The Balaban J connectivity index is 3.39. The second-order valence-corrected chi connectivity index (χ2v) is 3.61. The van der Waals surface area contributed by atoms with Gasteiger partial charge in [0.15, 0.2) is 0 Å². The third kappa shape index (κ3) is 6.02. The van der Waals surface area contributed by atoms with Crippen LogP contribution < -0.4 is 5.32 Å². The summed E-state index contributed by atoms with van der Waals surface area (Å²) >= 11 is 0. The first kappa shape index (κ1) is 12.9. The summed E-state index contributed by atoms with van der Waals surface area (Å²) < 4.78 is 5.32. The van der Waals surface area contributed by atoms with E-state index in [0.717, 1.165) is 32.6 Å². The van der Waals surface area contributed by atoms with Crippen LogP contribution in [0.4, 0.5) is 0 Å². The highest BCUT2D eigenvalue weighted by molar-refractivity contribution is 4.79. The van der Waals surface area contributed by atoms with Crippen molar-refractivity contribution in [3.8, 4) is 0 Å². The van der Waals surface area contributed by atoms with Gasteiger partial charge in [-0.3, -0.25) is 0 Å². The molecule has 0 saturated carbocycles. The molecule has 0 rings (SSSR count). The Morgan fingerprint density at radius 2 is 2.00 bits per heavy atom. The van der Waals surface area contributed by atoms with Crippen LogP contribution in [0.1, 0.15) is 33.6 Å². The quantitative estimate of drug-likeness (QED) is 0.563. The van der Waals surface area contributed by atoms with Gasteiger partial charge in [0, 0.05) is 18.7 Å². The van der Waals surface area contributed by atoms with E-state index in [4.69, 9.17) is 9.84 Å². The molecule has 0 aromatic heterocycles. The lowest BCUT2D eigenvalue weighted by molar-refractivity contribution is 0.115. The maximum atomic E-state index is 9.08. The second-order valence-electron chi connectivity index (χ2n) is 3.61. The summed E-state index contributed by atoms with van der Waals surface area (Å²) in [5, 5.41) is 12.4. The van der Waals surface area contributed by atoms with Crippen LogP contribution >= 0.6 is 0 Å². The Labute approximate surface area is 81.5 Å². The van der Waals surface area contributed by atoms with Crippen LogP contribution in [0.2, 0.25) is 0 Å². The SMILES string of the molecule is CCCOCCNC(C)(CC)CO. The lowest BCUT2D eigenvalue weighted by Gasteiger charge is -2.27. The molecule has 0 bridgehead atoms. The molecule has 0 aliphatic heterocycles. The fourth-order valence-corrected chi connectivity index (χ4v) is 0.964. The van der Waals surface area contributed by atoms with Gasteiger partial charge in [-0.25, -0.2) is 0 Å². The minimum atomic E-state index is -0.143. The van der Waals surface area contributed by atoms with Gasteiger partial charge in [-0.05, 0) is 19.8 Å². The molecule has 13 heavy (non-hydrogen) atoms. The zero-order chi connectivity index (χ0) is 10.2. The van der Waals surface area contributed by atoms with E-state index < -0.39 is 0 Å². The van der Waals surface area contributed by atoms with Gasteiger partial charge in [0.05, 0.1) is 13.2 Å². The maximum Gasteiger partial charge on any atom is 0.0610 e. The van der Waals surface area contributed by atoms with Crippen molar-refractivity contribution < 1.29 is 9.84 Å². The molecule has 0 fully saturated rings. The first-order chi connectivity index (χ1) is 6.18. The molecule has 80 valence electrons. The summed E-state index contributed by atoms with van der Waals surface area (Å²) in [6.07, 6.45) is 1.99. The number of rotatable bonds is 8. The first-order valence-electron chi connectivity index (χ1n) is 5.12. The van der Waals surface area contributed by atoms with Crippen LogP contribution in [-0.2, 0) is 4.74 Å². The lowest BCUT2D eigenvalue weighted by Crippen LogP contribution is -2.46. The van der Waals surface area contributed by atoms with Gasteiger partial charge in [-0.15, -0.1) is 0 Å². The fourth-order valence-electron chi connectivity index (χ4n) is 0.964. The summed E-state index contributed by atoms with van der Waals surface area (Å²) in [5.74, 6) is 0. The van der Waals surface area contributed by atoms with Crippen LogP contribution in [0.25, 0.3) is 0 Å². The smallest absolute Gasteiger partial charge is 0.0610 e. The summed E-state index contributed by atoms with van der Waals surface area (Å²) in [4.78, 5) is 0. The molecule has 3 nitrogen and oxygen atoms in total. The molecule has 0 aromatic carbocycles. The minimum absolute atomic E-state index is 0.143.